The van der Waals surface area contributed by atoms with Crippen molar-refractivity contribution in [2.24, 2.45) is 11.8 Å². The zero-order valence-electron chi connectivity index (χ0n) is 14.9. The number of hydrogen-bond donors (Lipinski definition) is 2. The van der Waals surface area contributed by atoms with Crippen molar-refractivity contribution >= 4 is 17.7 Å². The summed E-state index contributed by atoms with van der Waals surface area (Å²) in [6.07, 6.45) is 2.94. The minimum atomic E-state index is -0.466. The summed E-state index contributed by atoms with van der Waals surface area (Å²) in [5.74, 6) is 2.50. The third-order valence-electron chi connectivity index (χ3n) is 5.17. The fraction of sp³-hybridized carbons (Fsp3) is 0.706. The van der Waals surface area contributed by atoms with Gasteiger partial charge in [0, 0.05) is 45.9 Å². The standard InChI is InChI=1S/C17H27N5O2/c1-10-7-18-17(20-16(10)21(3)4)22-8-12-5-14(19-11(2)23)15(24)6-13(12)9-22/h7,12-15,24H,5-6,8-9H2,1-4H3,(H,19,23)/t12-,13+,14-,15-/m1/s1. The maximum atomic E-state index is 11.3. The fourth-order valence-electron chi connectivity index (χ4n) is 4.04. The first kappa shape index (κ1) is 17.0. The normalized spacial score (nSPS) is 29.3. The summed E-state index contributed by atoms with van der Waals surface area (Å²) in [6, 6.07) is -0.139. The average molecular weight is 333 g/mol. The van der Waals surface area contributed by atoms with E-state index in [1.54, 1.807) is 0 Å². The molecule has 24 heavy (non-hydrogen) atoms. The second kappa shape index (κ2) is 6.55. The molecule has 2 N–H and O–H groups in total. The van der Waals surface area contributed by atoms with Crippen molar-refractivity contribution in [1.82, 2.24) is 15.3 Å². The number of carbonyl (C=O) groups is 1. The molecule has 1 saturated carbocycles. The third-order valence-corrected chi connectivity index (χ3v) is 5.17. The van der Waals surface area contributed by atoms with E-state index in [4.69, 9.17) is 4.98 Å². The van der Waals surface area contributed by atoms with Crippen LogP contribution in [-0.4, -0.2) is 60.3 Å². The molecule has 1 aliphatic carbocycles. The molecule has 2 fully saturated rings. The summed E-state index contributed by atoms with van der Waals surface area (Å²) >= 11 is 0. The Hall–Kier alpha value is -1.89. The van der Waals surface area contributed by atoms with Crippen LogP contribution in [0.15, 0.2) is 6.20 Å². The van der Waals surface area contributed by atoms with Crippen LogP contribution in [-0.2, 0) is 4.79 Å². The van der Waals surface area contributed by atoms with Gasteiger partial charge in [-0.2, -0.15) is 4.98 Å². The lowest BCUT2D eigenvalue weighted by Crippen LogP contribution is -2.48. The monoisotopic (exact) mass is 333 g/mol. The van der Waals surface area contributed by atoms with Crippen molar-refractivity contribution in [3.63, 3.8) is 0 Å². The van der Waals surface area contributed by atoms with E-state index in [2.05, 4.69) is 15.2 Å². The molecule has 1 amide bonds. The van der Waals surface area contributed by atoms with Crippen LogP contribution < -0.4 is 15.1 Å². The second-order valence-corrected chi connectivity index (χ2v) is 7.34. The SMILES string of the molecule is CC(=O)N[C@@H]1C[C@@H]2CN(c3ncc(C)c(N(C)C)n3)C[C@@H]2C[C@H]1O. The van der Waals surface area contributed by atoms with Crippen molar-refractivity contribution in [2.75, 3.05) is 37.0 Å². The van der Waals surface area contributed by atoms with Gasteiger partial charge in [-0.3, -0.25) is 4.79 Å². The molecule has 3 rings (SSSR count). The van der Waals surface area contributed by atoms with Gasteiger partial charge in [0.05, 0.1) is 12.1 Å². The molecular formula is C17H27N5O2. The molecule has 1 aromatic rings. The first-order valence-corrected chi connectivity index (χ1v) is 8.56. The molecule has 2 aliphatic rings. The molecule has 132 valence electrons. The smallest absolute Gasteiger partial charge is 0.227 e. The van der Waals surface area contributed by atoms with E-state index in [-0.39, 0.29) is 11.9 Å². The maximum Gasteiger partial charge on any atom is 0.227 e. The molecule has 4 atom stereocenters. The Morgan fingerprint density at radius 3 is 2.62 bits per heavy atom. The van der Waals surface area contributed by atoms with E-state index in [1.807, 2.05) is 32.1 Å². The summed E-state index contributed by atoms with van der Waals surface area (Å²) in [5, 5.41) is 13.2. The summed E-state index contributed by atoms with van der Waals surface area (Å²) in [6.45, 7) is 5.26. The molecule has 2 heterocycles. The Labute approximate surface area is 143 Å². The Morgan fingerprint density at radius 1 is 1.33 bits per heavy atom. The lowest BCUT2D eigenvalue weighted by Gasteiger charge is -2.35. The van der Waals surface area contributed by atoms with Gasteiger partial charge in [0.15, 0.2) is 0 Å². The minimum Gasteiger partial charge on any atom is -0.391 e. The predicted octanol–water partition coefficient (Wildman–Crippen LogP) is 0.563. The van der Waals surface area contributed by atoms with E-state index < -0.39 is 6.10 Å². The number of nitrogens with zero attached hydrogens (tertiary/aromatic N) is 4. The number of amides is 1. The summed E-state index contributed by atoms with van der Waals surface area (Å²) in [4.78, 5) is 24.7. The Bertz CT molecular complexity index is 621. The summed E-state index contributed by atoms with van der Waals surface area (Å²) < 4.78 is 0. The highest BCUT2D eigenvalue weighted by Gasteiger charge is 2.42. The second-order valence-electron chi connectivity index (χ2n) is 7.34. The lowest BCUT2D eigenvalue weighted by atomic mass is 9.77. The van der Waals surface area contributed by atoms with Crippen LogP contribution >= 0.6 is 0 Å². The maximum absolute atomic E-state index is 11.3. The van der Waals surface area contributed by atoms with E-state index in [0.29, 0.717) is 11.8 Å². The van der Waals surface area contributed by atoms with E-state index in [0.717, 1.165) is 43.3 Å². The number of aliphatic hydroxyl groups is 1. The van der Waals surface area contributed by atoms with Gasteiger partial charge in [0.2, 0.25) is 11.9 Å². The van der Waals surface area contributed by atoms with E-state index >= 15 is 0 Å². The number of fused-ring (bicyclic) bond motifs is 1. The Kier molecular flexibility index (Phi) is 4.62. The first-order valence-electron chi connectivity index (χ1n) is 8.56. The molecule has 0 aromatic carbocycles. The first-order chi connectivity index (χ1) is 11.3. The number of aliphatic hydroxyl groups excluding tert-OH is 1. The molecule has 0 bridgehead atoms. The van der Waals surface area contributed by atoms with Crippen molar-refractivity contribution < 1.29 is 9.90 Å². The van der Waals surface area contributed by atoms with Gasteiger partial charge in [-0.1, -0.05) is 0 Å². The van der Waals surface area contributed by atoms with Gasteiger partial charge in [0.25, 0.3) is 0 Å². The number of hydrogen-bond acceptors (Lipinski definition) is 6. The zero-order chi connectivity index (χ0) is 17.4. The molecular weight excluding hydrogens is 306 g/mol. The molecule has 1 aromatic heterocycles. The van der Waals surface area contributed by atoms with Gasteiger partial charge in [-0.25, -0.2) is 4.98 Å². The van der Waals surface area contributed by atoms with Crippen LogP contribution in [0.2, 0.25) is 0 Å². The van der Waals surface area contributed by atoms with Crippen LogP contribution in [0.3, 0.4) is 0 Å². The van der Waals surface area contributed by atoms with Crippen LogP contribution in [0.4, 0.5) is 11.8 Å². The minimum absolute atomic E-state index is 0.0788. The fourth-order valence-corrected chi connectivity index (χ4v) is 4.04. The largest absolute Gasteiger partial charge is 0.391 e. The van der Waals surface area contributed by atoms with Gasteiger partial charge in [-0.15, -0.1) is 0 Å². The van der Waals surface area contributed by atoms with Crippen LogP contribution in [0, 0.1) is 18.8 Å². The third kappa shape index (κ3) is 3.31. The average Bonchev–Trinajstić information content (AvgIpc) is 2.90. The molecule has 1 aliphatic heterocycles. The number of aromatic nitrogens is 2. The number of aryl methyl sites for hydroxylation is 1. The zero-order valence-corrected chi connectivity index (χ0v) is 14.9. The summed E-state index contributed by atoms with van der Waals surface area (Å²) in [7, 11) is 3.97. The molecule has 7 heteroatoms. The van der Waals surface area contributed by atoms with Gasteiger partial charge >= 0.3 is 0 Å². The van der Waals surface area contributed by atoms with Gasteiger partial charge in [-0.05, 0) is 31.6 Å². The van der Waals surface area contributed by atoms with E-state index in [1.165, 1.54) is 6.92 Å². The predicted molar refractivity (Wildman–Crippen MR) is 93.1 cm³/mol. The molecule has 0 spiro atoms. The van der Waals surface area contributed by atoms with Crippen molar-refractivity contribution in [2.45, 2.75) is 38.8 Å². The van der Waals surface area contributed by atoms with Crippen LogP contribution in [0.5, 0.6) is 0 Å². The number of carbonyl (C=O) groups excluding carboxylic acids is 1. The number of anilines is 2. The van der Waals surface area contributed by atoms with Crippen LogP contribution in [0.25, 0.3) is 0 Å². The van der Waals surface area contributed by atoms with Crippen molar-refractivity contribution in [1.29, 1.82) is 0 Å². The van der Waals surface area contributed by atoms with Crippen molar-refractivity contribution in [3.8, 4) is 0 Å². The molecule has 7 nitrogen and oxygen atoms in total. The number of nitrogens with one attached hydrogen (secondary N) is 1. The van der Waals surface area contributed by atoms with Crippen molar-refractivity contribution in [3.05, 3.63) is 11.8 Å². The molecule has 1 saturated heterocycles. The Morgan fingerprint density at radius 2 is 2.00 bits per heavy atom. The highest BCUT2D eigenvalue weighted by atomic mass is 16.3. The lowest BCUT2D eigenvalue weighted by molar-refractivity contribution is -0.121. The molecule has 0 radical (unpaired) electrons. The topological polar surface area (TPSA) is 81.6 Å². The van der Waals surface area contributed by atoms with Gasteiger partial charge < -0.3 is 20.2 Å². The quantitative estimate of drug-likeness (QED) is 0.841. The summed E-state index contributed by atoms with van der Waals surface area (Å²) in [5.41, 5.74) is 1.06. The Balaban J connectivity index is 1.73. The van der Waals surface area contributed by atoms with E-state index in [9.17, 15) is 9.90 Å². The molecule has 0 unspecified atom stereocenters. The highest BCUT2D eigenvalue weighted by Crippen LogP contribution is 2.38. The highest BCUT2D eigenvalue weighted by molar-refractivity contribution is 5.73. The van der Waals surface area contributed by atoms with Crippen LogP contribution in [0.1, 0.15) is 25.3 Å². The van der Waals surface area contributed by atoms with Gasteiger partial charge in [0.1, 0.15) is 5.82 Å². The number of rotatable bonds is 3.